The van der Waals surface area contributed by atoms with Crippen molar-refractivity contribution >= 4 is 5.91 Å². The van der Waals surface area contributed by atoms with Crippen LogP contribution >= 0.6 is 0 Å². The highest BCUT2D eigenvalue weighted by atomic mass is 16.1. The zero-order valence-electron chi connectivity index (χ0n) is 12.0. The number of hydrogen-bond donors (Lipinski definition) is 1. The quantitative estimate of drug-likeness (QED) is 0.921. The van der Waals surface area contributed by atoms with Crippen LogP contribution in [0.25, 0.3) is 0 Å². The number of rotatable bonds is 4. The molecule has 0 radical (unpaired) electrons. The molecule has 0 unspecified atom stereocenters. The van der Waals surface area contributed by atoms with Crippen LogP contribution in [0.5, 0.6) is 0 Å². The van der Waals surface area contributed by atoms with E-state index < -0.39 is 0 Å². The lowest BCUT2D eigenvalue weighted by molar-refractivity contribution is 0.0953. The first-order chi connectivity index (χ1) is 10.3. The zero-order valence-corrected chi connectivity index (χ0v) is 12.0. The standard InChI is InChI=1S/C15H19N5O/c21-15(12-5-4-8-16-11-12)17-9-7-14-19-18-13-6-2-1-3-10-20(13)14/h4-5,8,11H,1-3,6-7,9-10H2,(H,17,21). The molecule has 1 amide bonds. The van der Waals surface area contributed by atoms with Gasteiger partial charge in [0.15, 0.2) is 0 Å². The molecule has 0 aliphatic carbocycles. The lowest BCUT2D eigenvalue weighted by Gasteiger charge is -2.07. The van der Waals surface area contributed by atoms with E-state index in [0.717, 1.165) is 24.6 Å². The van der Waals surface area contributed by atoms with Crippen LogP contribution in [0.3, 0.4) is 0 Å². The summed E-state index contributed by atoms with van der Waals surface area (Å²) in [6.45, 7) is 1.56. The molecule has 3 heterocycles. The third-order valence-electron chi connectivity index (χ3n) is 3.74. The first-order valence-electron chi connectivity index (χ1n) is 7.44. The normalized spacial score (nSPS) is 14.3. The van der Waals surface area contributed by atoms with Gasteiger partial charge in [0.05, 0.1) is 5.56 Å². The van der Waals surface area contributed by atoms with E-state index in [-0.39, 0.29) is 5.91 Å². The zero-order chi connectivity index (χ0) is 14.5. The minimum Gasteiger partial charge on any atom is -0.352 e. The van der Waals surface area contributed by atoms with Crippen molar-refractivity contribution in [2.45, 2.75) is 38.6 Å². The number of hydrogen-bond acceptors (Lipinski definition) is 4. The van der Waals surface area contributed by atoms with Crippen LogP contribution in [0.4, 0.5) is 0 Å². The molecule has 110 valence electrons. The monoisotopic (exact) mass is 285 g/mol. The van der Waals surface area contributed by atoms with Gasteiger partial charge in [0.2, 0.25) is 0 Å². The van der Waals surface area contributed by atoms with Gasteiger partial charge in [0, 0.05) is 38.3 Å². The van der Waals surface area contributed by atoms with Gasteiger partial charge < -0.3 is 9.88 Å². The summed E-state index contributed by atoms with van der Waals surface area (Å²) in [6.07, 6.45) is 8.56. The van der Waals surface area contributed by atoms with Crippen molar-refractivity contribution in [2.75, 3.05) is 6.54 Å². The molecule has 2 aromatic heterocycles. The van der Waals surface area contributed by atoms with Crippen molar-refractivity contribution in [3.63, 3.8) is 0 Å². The number of aromatic nitrogens is 4. The van der Waals surface area contributed by atoms with E-state index in [9.17, 15) is 4.79 Å². The molecule has 0 saturated carbocycles. The first-order valence-corrected chi connectivity index (χ1v) is 7.44. The number of aryl methyl sites for hydroxylation is 1. The maximum absolute atomic E-state index is 11.9. The van der Waals surface area contributed by atoms with Crippen molar-refractivity contribution in [1.82, 2.24) is 25.1 Å². The minimum absolute atomic E-state index is 0.0984. The fraction of sp³-hybridized carbons (Fsp3) is 0.467. The third-order valence-corrected chi connectivity index (χ3v) is 3.74. The Kier molecular flexibility index (Phi) is 4.23. The number of carbonyl (C=O) groups excluding carboxylic acids is 1. The summed E-state index contributed by atoms with van der Waals surface area (Å²) in [5, 5.41) is 11.4. The predicted octanol–water partition coefficient (Wildman–Crippen LogP) is 1.37. The van der Waals surface area contributed by atoms with Crippen molar-refractivity contribution in [3.05, 3.63) is 41.7 Å². The maximum Gasteiger partial charge on any atom is 0.252 e. The largest absolute Gasteiger partial charge is 0.352 e. The van der Waals surface area contributed by atoms with Crippen molar-refractivity contribution in [1.29, 1.82) is 0 Å². The van der Waals surface area contributed by atoms with Gasteiger partial charge in [-0.2, -0.15) is 0 Å². The molecule has 0 atom stereocenters. The van der Waals surface area contributed by atoms with Crippen molar-refractivity contribution in [3.8, 4) is 0 Å². The second kappa shape index (κ2) is 6.47. The molecule has 0 spiro atoms. The average molecular weight is 285 g/mol. The van der Waals surface area contributed by atoms with Crippen LogP contribution in [-0.2, 0) is 19.4 Å². The van der Waals surface area contributed by atoms with Gasteiger partial charge >= 0.3 is 0 Å². The predicted molar refractivity (Wildman–Crippen MR) is 77.9 cm³/mol. The van der Waals surface area contributed by atoms with Gasteiger partial charge in [0.25, 0.3) is 5.91 Å². The second-order valence-electron chi connectivity index (χ2n) is 5.24. The van der Waals surface area contributed by atoms with E-state index in [4.69, 9.17) is 0 Å². The molecular formula is C15H19N5O. The Morgan fingerprint density at radius 1 is 1.29 bits per heavy atom. The van der Waals surface area contributed by atoms with E-state index in [1.807, 2.05) is 0 Å². The SMILES string of the molecule is O=C(NCCc1nnc2n1CCCCC2)c1cccnc1. The van der Waals surface area contributed by atoms with Crippen molar-refractivity contribution < 1.29 is 4.79 Å². The Morgan fingerprint density at radius 2 is 2.24 bits per heavy atom. The van der Waals surface area contributed by atoms with Gasteiger partial charge in [0.1, 0.15) is 11.6 Å². The summed E-state index contributed by atoms with van der Waals surface area (Å²) >= 11 is 0. The lowest BCUT2D eigenvalue weighted by Crippen LogP contribution is -2.26. The van der Waals surface area contributed by atoms with E-state index in [2.05, 4.69) is 25.1 Å². The van der Waals surface area contributed by atoms with Gasteiger partial charge in [-0.3, -0.25) is 9.78 Å². The van der Waals surface area contributed by atoms with Gasteiger partial charge in [-0.1, -0.05) is 6.42 Å². The van der Waals surface area contributed by atoms with E-state index in [1.165, 1.54) is 19.3 Å². The molecular weight excluding hydrogens is 266 g/mol. The Balaban J connectivity index is 1.56. The van der Waals surface area contributed by atoms with E-state index >= 15 is 0 Å². The van der Waals surface area contributed by atoms with Gasteiger partial charge in [-0.05, 0) is 25.0 Å². The molecule has 21 heavy (non-hydrogen) atoms. The van der Waals surface area contributed by atoms with Crippen LogP contribution in [0.2, 0.25) is 0 Å². The molecule has 0 saturated heterocycles. The second-order valence-corrected chi connectivity index (χ2v) is 5.24. The summed E-state index contributed by atoms with van der Waals surface area (Å²) in [5.74, 6) is 1.96. The van der Waals surface area contributed by atoms with E-state index in [0.29, 0.717) is 18.5 Å². The summed E-state index contributed by atoms with van der Waals surface area (Å²) in [7, 11) is 0. The molecule has 6 heteroatoms. The fourth-order valence-corrected chi connectivity index (χ4v) is 2.62. The lowest BCUT2D eigenvalue weighted by atomic mass is 10.2. The summed E-state index contributed by atoms with van der Waals surface area (Å²) in [6, 6.07) is 3.51. The summed E-state index contributed by atoms with van der Waals surface area (Å²) in [4.78, 5) is 15.9. The Bertz CT molecular complexity index is 608. The molecule has 3 rings (SSSR count). The maximum atomic E-state index is 11.9. The molecule has 2 aromatic rings. The number of amides is 1. The molecule has 1 aliphatic rings. The number of pyridine rings is 1. The number of fused-ring (bicyclic) bond motifs is 1. The molecule has 1 aliphatic heterocycles. The molecule has 0 aromatic carbocycles. The molecule has 1 N–H and O–H groups in total. The van der Waals surface area contributed by atoms with Crippen LogP contribution in [0.1, 0.15) is 41.3 Å². The number of carbonyl (C=O) groups is 1. The number of nitrogens with one attached hydrogen (secondary N) is 1. The van der Waals surface area contributed by atoms with Crippen LogP contribution in [0.15, 0.2) is 24.5 Å². The highest BCUT2D eigenvalue weighted by Gasteiger charge is 2.14. The smallest absolute Gasteiger partial charge is 0.252 e. The highest BCUT2D eigenvalue weighted by Crippen LogP contribution is 2.14. The molecule has 6 nitrogen and oxygen atoms in total. The minimum atomic E-state index is -0.0984. The van der Waals surface area contributed by atoms with Gasteiger partial charge in [-0.15, -0.1) is 10.2 Å². The van der Waals surface area contributed by atoms with Gasteiger partial charge in [-0.25, -0.2) is 0 Å². The third kappa shape index (κ3) is 3.26. The summed E-state index contributed by atoms with van der Waals surface area (Å²) in [5.41, 5.74) is 0.581. The molecule has 0 bridgehead atoms. The Hall–Kier alpha value is -2.24. The summed E-state index contributed by atoms with van der Waals surface area (Å²) < 4.78 is 2.21. The highest BCUT2D eigenvalue weighted by molar-refractivity contribution is 5.93. The average Bonchev–Trinajstić information content (AvgIpc) is 2.76. The Morgan fingerprint density at radius 3 is 3.10 bits per heavy atom. The van der Waals surface area contributed by atoms with Crippen molar-refractivity contribution in [2.24, 2.45) is 0 Å². The van der Waals surface area contributed by atoms with Crippen LogP contribution in [0, 0.1) is 0 Å². The Labute approximate surface area is 123 Å². The topological polar surface area (TPSA) is 72.7 Å². The van der Waals surface area contributed by atoms with E-state index in [1.54, 1.807) is 24.5 Å². The fourth-order valence-electron chi connectivity index (χ4n) is 2.62. The first kappa shape index (κ1) is 13.7. The number of nitrogens with zero attached hydrogens (tertiary/aromatic N) is 4. The molecule has 0 fully saturated rings. The van der Waals surface area contributed by atoms with Crippen LogP contribution < -0.4 is 5.32 Å². The van der Waals surface area contributed by atoms with Crippen LogP contribution in [-0.4, -0.2) is 32.2 Å².